The molecule has 0 unspecified atom stereocenters. The van der Waals surface area contributed by atoms with E-state index in [0.717, 1.165) is 23.3 Å². The second-order valence-electron chi connectivity index (χ2n) is 5.56. The van der Waals surface area contributed by atoms with Crippen LogP contribution in [0.25, 0.3) is 0 Å². The average molecular weight is 351 g/mol. The lowest BCUT2D eigenvalue weighted by molar-refractivity contribution is -0.137. The Morgan fingerprint density at radius 1 is 1.08 bits per heavy atom. The van der Waals surface area contributed by atoms with E-state index in [0.29, 0.717) is 25.3 Å². The molecule has 0 atom stereocenters. The van der Waals surface area contributed by atoms with Crippen molar-refractivity contribution in [1.29, 1.82) is 0 Å². The van der Waals surface area contributed by atoms with Crippen molar-refractivity contribution in [3.8, 4) is 0 Å². The summed E-state index contributed by atoms with van der Waals surface area (Å²) in [5.74, 6) is -0.328. The maximum absolute atomic E-state index is 12.7. The molecule has 0 bridgehead atoms. The standard InChI is InChI=1S/C19H20F3NO2/c1-2-25-13-16-8-4-3-7-15(16)12-23-18(24)11-14-6-5-9-17(10-14)19(20,21)22/h3-10H,2,11-13H2,1H3,(H,23,24). The number of nitrogens with one attached hydrogen (secondary N) is 1. The number of ether oxygens (including phenoxy) is 1. The van der Waals surface area contributed by atoms with Gasteiger partial charge in [0.25, 0.3) is 0 Å². The third kappa shape index (κ3) is 5.90. The Morgan fingerprint density at radius 2 is 1.80 bits per heavy atom. The normalized spacial score (nSPS) is 11.4. The van der Waals surface area contributed by atoms with Crippen LogP contribution in [0.15, 0.2) is 48.5 Å². The first-order chi connectivity index (χ1) is 11.9. The molecule has 0 aliphatic carbocycles. The van der Waals surface area contributed by atoms with Gasteiger partial charge in [-0.2, -0.15) is 13.2 Å². The Balaban J connectivity index is 1.96. The SMILES string of the molecule is CCOCc1ccccc1CNC(=O)Cc1cccc(C(F)(F)F)c1. The molecule has 0 radical (unpaired) electrons. The third-order valence-corrected chi connectivity index (χ3v) is 3.68. The maximum Gasteiger partial charge on any atom is 0.416 e. The van der Waals surface area contributed by atoms with Gasteiger partial charge < -0.3 is 10.1 Å². The number of alkyl halides is 3. The number of benzene rings is 2. The first-order valence-electron chi connectivity index (χ1n) is 7.97. The summed E-state index contributed by atoms with van der Waals surface area (Å²) in [5.41, 5.74) is 1.48. The van der Waals surface area contributed by atoms with Crippen molar-refractivity contribution < 1.29 is 22.7 Å². The molecule has 2 aromatic rings. The van der Waals surface area contributed by atoms with Crippen molar-refractivity contribution in [2.75, 3.05) is 6.61 Å². The van der Waals surface area contributed by atoms with E-state index in [9.17, 15) is 18.0 Å². The number of rotatable bonds is 7. The molecule has 0 aromatic heterocycles. The van der Waals surface area contributed by atoms with Crippen LogP contribution in [0.4, 0.5) is 13.2 Å². The van der Waals surface area contributed by atoms with Crippen LogP contribution in [0.3, 0.4) is 0 Å². The number of hydrogen-bond donors (Lipinski definition) is 1. The minimum absolute atomic E-state index is 0.0997. The summed E-state index contributed by atoms with van der Waals surface area (Å²) in [4.78, 5) is 12.0. The minimum Gasteiger partial charge on any atom is -0.377 e. The molecular weight excluding hydrogens is 331 g/mol. The van der Waals surface area contributed by atoms with Gasteiger partial charge in [0.05, 0.1) is 18.6 Å². The van der Waals surface area contributed by atoms with Gasteiger partial charge >= 0.3 is 6.18 Å². The van der Waals surface area contributed by atoms with Crippen LogP contribution in [-0.4, -0.2) is 12.5 Å². The predicted molar refractivity (Wildman–Crippen MR) is 88.8 cm³/mol. The molecule has 2 aromatic carbocycles. The van der Waals surface area contributed by atoms with E-state index in [1.165, 1.54) is 12.1 Å². The Morgan fingerprint density at radius 3 is 2.48 bits per heavy atom. The lowest BCUT2D eigenvalue weighted by Crippen LogP contribution is -2.25. The van der Waals surface area contributed by atoms with Gasteiger partial charge in [-0.1, -0.05) is 42.5 Å². The Labute approximate surface area is 144 Å². The molecule has 0 saturated heterocycles. The molecular formula is C19H20F3NO2. The average Bonchev–Trinajstić information content (AvgIpc) is 2.58. The highest BCUT2D eigenvalue weighted by atomic mass is 19.4. The molecule has 3 nitrogen and oxygen atoms in total. The number of amides is 1. The van der Waals surface area contributed by atoms with Crippen molar-refractivity contribution in [3.63, 3.8) is 0 Å². The molecule has 0 aliphatic rings. The molecule has 25 heavy (non-hydrogen) atoms. The topological polar surface area (TPSA) is 38.3 Å². The highest BCUT2D eigenvalue weighted by molar-refractivity contribution is 5.78. The molecule has 1 N–H and O–H groups in total. The van der Waals surface area contributed by atoms with Crippen LogP contribution in [0, 0.1) is 0 Å². The van der Waals surface area contributed by atoms with E-state index in [2.05, 4.69) is 5.32 Å². The van der Waals surface area contributed by atoms with Gasteiger partial charge in [-0.3, -0.25) is 4.79 Å². The smallest absolute Gasteiger partial charge is 0.377 e. The first kappa shape index (κ1) is 19.0. The first-order valence-corrected chi connectivity index (χ1v) is 7.97. The Hall–Kier alpha value is -2.34. The van der Waals surface area contributed by atoms with Crippen molar-refractivity contribution >= 4 is 5.91 Å². The summed E-state index contributed by atoms with van der Waals surface area (Å²) in [6, 6.07) is 12.4. The zero-order valence-electron chi connectivity index (χ0n) is 13.9. The lowest BCUT2D eigenvalue weighted by Gasteiger charge is -2.11. The van der Waals surface area contributed by atoms with E-state index in [-0.39, 0.29) is 12.3 Å². The van der Waals surface area contributed by atoms with Gasteiger partial charge in [0, 0.05) is 13.2 Å². The van der Waals surface area contributed by atoms with Crippen LogP contribution < -0.4 is 5.32 Å². The predicted octanol–water partition coefficient (Wildman–Crippen LogP) is 4.10. The van der Waals surface area contributed by atoms with Crippen LogP contribution in [-0.2, 0) is 35.3 Å². The fourth-order valence-corrected chi connectivity index (χ4v) is 2.38. The summed E-state index contributed by atoms with van der Waals surface area (Å²) in [6.45, 7) is 3.26. The summed E-state index contributed by atoms with van der Waals surface area (Å²) in [6.07, 6.45) is -4.51. The number of hydrogen-bond acceptors (Lipinski definition) is 2. The summed E-state index contributed by atoms with van der Waals surface area (Å²) >= 11 is 0. The van der Waals surface area contributed by atoms with Crippen molar-refractivity contribution in [1.82, 2.24) is 5.32 Å². The molecule has 0 heterocycles. The molecule has 0 saturated carbocycles. The lowest BCUT2D eigenvalue weighted by atomic mass is 10.1. The Kier molecular flexibility index (Phi) is 6.58. The maximum atomic E-state index is 12.7. The van der Waals surface area contributed by atoms with Crippen LogP contribution in [0.2, 0.25) is 0 Å². The van der Waals surface area contributed by atoms with Crippen LogP contribution in [0.5, 0.6) is 0 Å². The van der Waals surface area contributed by atoms with Crippen molar-refractivity contribution in [2.45, 2.75) is 32.7 Å². The monoisotopic (exact) mass is 351 g/mol. The molecule has 134 valence electrons. The van der Waals surface area contributed by atoms with Crippen LogP contribution >= 0.6 is 0 Å². The van der Waals surface area contributed by atoms with Gasteiger partial charge in [0.1, 0.15) is 0 Å². The largest absolute Gasteiger partial charge is 0.416 e. The Bertz CT molecular complexity index is 714. The minimum atomic E-state index is -4.41. The molecule has 0 fully saturated rings. The quantitative estimate of drug-likeness (QED) is 0.816. The zero-order chi connectivity index (χ0) is 18.3. The van der Waals surface area contributed by atoms with E-state index in [1.807, 2.05) is 31.2 Å². The van der Waals surface area contributed by atoms with E-state index < -0.39 is 11.7 Å². The van der Waals surface area contributed by atoms with Gasteiger partial charge in [-0.25, -0.2) is 0 Å². The second-order valence-corrected chi connectivity index (χ2v) is 5.56. The van der Waals surface area contributed by atoms with Gasteiger partial charge in [-0.15, -0.1) is 0 Å². The van der Waals surface area contributed by atoms with Gasteiger partial charge in [-0.05, 0) is 29.7 Å². The highest BCUT2D eigenvalue weighted by Crippen LogP contribution is 2.29. The molecule has 0 aliphatic heterocycles. The van der Waals surface area contributed by atoms with E-state index >= 15 is 0 Å². The molecule has 1 amide bonds. The summed E-state index contributed by atoms with van der Waals surface area (Å²) in [7, 11) is 0. The number of halogens is 3. The third-order valence-electron chi connectivity index (χ3n) is 3.68. The van der Waals surface area contributed by atoms with Crippen molar-refractivity contribution in [3.05, 3.63) is 70.8 Å². The van der Waals surface area contributed by atoms with Crippen molar-refractivity contribution in [2.24, 2.45) is 0 Å². The second kappa shape index (κ2) is 8.67. The zero-order valence-corrected chi connectivity index (χ0v) is 13.9. The molecule has 6 heteroatoms. The number of carbonyl (C=O) groups is 1. The molecule has 0 spiro atoms. The fraction of sp³-hybridized carbons (Fsp3) is 0.316. The molecule has 2 rings (SSSR count). The summed E-state index contributed by atoms with van der Waals surface area (Å²) < 4.78 is 43.5. The van der Waals surface area contributed by atoms with E-state index in [1.54, 1.807) is 0 Å². The van der Waals surface area contributed by atoms with E-state index in [4.69, 9.17) is 4.74 Å². The number of carbonyl (C=O) groups excluding carboxylic acids is 1. The van der Waals surface area contributed by atoms with Crippen LogP contribution in [0.1, 0.15) is 29.2 Å². The fourth-order valence-electron chi connectivity index (χ4n) is 2.38. The highest BCUT2D eigenvalue weighted by Gasteiger charge is 2.30. The summed E-state index contributed by atoms with van der Waals surface area (Å²) in [5, 5.41) is 2.75. The van der Waals surface area contributed by atoms with Gasteiger partial charge in [0.2, 0.25) is 5.91 Å². The van der Waals surface area contributed by atoms with Gasteiger partial charge in [0.15, 0.2) is 0 Å².